The lowest BCUT2D eigenvalue weighted by Crippen LogP contribution is -2.35. The van der Waals surface area contributed by atoms with Gasteiger partial charge in [-0.1, -0.05) is 0 Å². The zero-order chi connectivity index (χ0) is 21.7. The molecule has 0 fully saturated rings. The molecule has 8 nitrogen and oxygen atoms in total. The lowest BCUT2D eigenvalue weighted by molar-refractivity contribution is 0.0951. The van der Waals surface area contributed by atoms with Crippen LogP contribution in [0.4, 0.5) is 8.78 Å². The number of hydrogen-bond acceptors (Lipinski definition) is 5. The molecule has 0 aliphatic carbocycles. The van der Waals surface area contributed by atoms with E-state index < -0.39 is 23.1 Å². The highest BCUT2D eigenvalue weighted by molar-refractivity contribution is 5.95. The number of aromatic nitrogens is 4. The molecule has 30 heavy (non-hydrogen) atoms. The van der Waals surface area contributed by atoms with E-state index in [1.54, 1.807) is 20.4 Å². The van der Waals surface area contributed by atoms with Crippen LogP contribution >= 0.6 is 0 Å². The van der Waals surface area contributed by atoms with Crippen LogP contribution in [-0.2, 0) is 17.7 Å². The highest BCUT2D eigenvalue weighted by atomic mass is 19.1. The van der Waals surface area contributed by atoms with E-state index in [9.17, 15) is 18.4 Å². The van der Waals surface area contributed by atoms with Gasteiger partial charge in [-0.25, -0.2) is 8.78 Å². The van der Waals surface area contributed by atoms with Gasteiger partial charge < -0.3 is 14.6 Å². The fourth-order valence-corrected chi connectivity index (χ4v) is 2.99. The van der Waals surface area contributed by atoms with Crippen molar-refractivity contribution in [1.29, 1.82) is 0 Å². The van der Waals surface area contributed by atoms with Crippen LogP contribution in [0.1, 0.15) is 21.7 Å². The maximum Gasteiger partial charge on any atom is 0.268 e. The van der Waals surface area contributed by atoms with Gasteiger partial charge in [0.25, 0.3) is 11.5 Å². The Labute approximate surface area is 171 Å². The number of halogens is 2. The molecule has 158 valence electrons. The molecule has 0 saturated carbocycles. The number of rotatable bonds is 8. The molecule has 2 aromatic heterocycles. The summed E-state index contributed by atoms with van der Waals surface area (Å²) >= 11 is 0. The summed E-state index contributed by atoms with van der Waals surface area (Å²) in [4.78, 5) is 25.5. The largest absolute Gasteiger partial charge is 0.383 e. The molecule has 3 aromatic rings. The van der Waals surface area contributed by atoms with Crippen LogP contribution in [-0.4, -0.2) is 45.5 Å². The van der Waals surface area contributed by atoms with Gasteiger partial charge in [0.1, 0.15) is 29.3 Å². The summed E-state index contributed by atoms with van der Waals surface area (Å²) < 4.78 is 35.4. The van der Waals surface area contributed by atoms with Crippen molar-refractivity contribution in [2.24, 2.45) is 0 Å². The summed E-state index contributed by atoms with van der Waals surface area (Å²) in [5.74, 6) is -1.41. The third-order valence-corrected chi connectivity index (χ3v) is 4.56. The zero-order valence-corrected chi connectivity index (χ0v) is 16.6. The topological polar surface area (TPSA) is 91.0 Å². The lowest BCUT2D eigenvalue weighted by Gasteiger charge is -2.12. The number of hydrogen-bond donors (Lipinski definition) is 1. The summed E-state index contributed by atoms with van der Waals surface area (Å²) in [6.45, 7) is 2.89. The molecule has 1 N–H and O–H groups in total. The Morgan fingerprint density at radius 3 is 2.83 bits per heavy atom. The highest BCUT2D eigenvalue weighted by Crippen LogP contribution is 2.14. The van der Waals surface area contributed by atoms with Gasteiger partial charge in [-0.2, -0.15) is 0 Å². The van der Waals surface area contributed by atoms with Crippen LogP contribution in [0, 0.1) is 18.6 Å². The summed E-state index contributed by atoms with van der Waals surface area (Å²) in [6.07, 6.45) is 3.28. The van der Waals surface area contributed by atoms with Crippen molar-refractivity contribution >= 4 is 5.91 Å². The number of pyridine rings is 1. The molecule has 0 spiro atoms. The number of amides is 1. The molecule has 0 atom stereocenters. The normalized spacial score (nSPS) is 10.9. The van der Waals surface area contributed by atoms with Gasteiger partial charge >= 0.3 is 0 Å². The first-order chi connectivity index (χ1) is 14.4. The lowest BCUT2D eigenvalue weighted by atomic mass is 10.1. The predicted molar refractivity (Wildman–Crippen MR) is 105 cm³/mol. The van der Waals surface area contributed by atoms with E-state index in [4.69, 9.17) is 4.74 Å². The van der Waals surface area contributed by atoms with Gasteiger partial charge in [0, 0.05) is 38.9 Å². The fraction of sp³-hybridized carbons (Fsp3) is 0.300. The first kappa shape index (κ1) is 21.3. The average molecular weight is 417 g/mol. The third-order valence-electron chi connectivity index (χ3n) is 4.56. The Hall–Kier alpha value is -3.40. The van der Waals surface area contributed by atoms with Crippen molar-refractivity contribution in [3.05, 3.63) is 75.7 Å². The molecule has 10 heteroatoms. The van der Waals surface area contributed by atoms with Crippen LogP contribution < -0.4 is 10.9 Å². The minimum absolute atomic E-state index is 0.137. The van der Waals surface area contributed by atoms with Gasteiger partial charge in [-0.05, 0) is 30.7 Å². The monoisotopic (exact) mass is 417 g/mol. The SMILES string of the molecule is COCCn1cnnc1CCNC(=O)c1c(C)ccn(-c2cc(F)ccc2F)c1=O. The quantitative estimate of drug-likeness (QED) is 0.602. The molecular weight excluding hydrogens is 396 g/mol. The summed E-state index contributed by atoms with van der Waals surface area (Å²) in [6, 6.07) is 4.29. The third kappa shape index (κ3) is 4.60. The number of aryl methyl sites for hydroxylation is 1. The molecule has 0 saturated heterocycles. The number of carbonyl (C=O) groups excluding carboxylic acids is 1. The molecule has 0 bridgehead atoms. The number of benzene rings is 1. The number of methoxy groups -OCH3 is 1. The van der Waals surface area contributed by atoms with E-state index in [1.807, 2.05) is 4.57 Å². The Bertz CT molecular complexity index is 1110. The van der Waals surface area contributed by atoms with Crippen LogP contribution in [0.2, 0.25) is 0 Å². The van der Waals surface area contributed by atoms with Crippen LogP contribution in [0.25, 0.3) is 5.69 Å². The zero-order valence-electron chi connectivity index (χ0n) is 16.6. The highest BCUT2D eigenvalue weighted by Gasteiger charge is 2.18. The second-order valence-electron chi connectivity index (χ2n) is 6.58. The number of ether oxygens (including phenoxy) is 1. The average Bonchev–Trinajstić information content (AvgIpc) is 3.16. The Morgan fingerprint density at radius 1 is 1.27 bits per heavy atom. The predicted octanol–water partition coefficient (Wildman–Crippen LogP) is 1.63. The molecule has 3 rings (SSSR count). The van der Waals surface area contributed by atoms with E-state index in [1.165, 1.54) is 12.3 Å². The maximum atomic E-state index is 14.1. The summed E-state index contributed by atoms with van der Waals surface area (Å²) in [5, 5.41) is 10.5. The molecule has 0 radical (unpaired) electrons. The van der Waals surface area contributed by atoms with Crippen molar-refractivity contribution in [2.75, 3.05) is 20.3 Å². The van der Waals surface area contributed by atoms with Crippen molar-refractivity contribution in [3.63, 3.8) is 0 Å². The molecule has 0 aliphatic heterocycles. The summed E-state index contributed by atoms with van der Waals surface area (Å²) in [7, 11) is 1.59. The van der Waals surface area contributed by atoms with E-state index in [0.717, 1.165) is 22.8 Å². The summed E-state index contributed by atoms with van der Waals surface area (Å²) in [5.41, 5.74) is -0.712. The van der Waals surface area contributed by atoms with Gasteiger partial charge in [-0.3, -0.25) is 14.2 Å². The van der Waals surface area contributed by atoms with Gasteiger partial charge in [0.15, 0.2) is 0 Å². The Balaban J connectivity index is 1.77. The molecule has 2 heterocycles. The molecule has 1 amide bonds. The molecular formula is C20H21F2N5O3. The molecule has 1 aromatic carbocycles. The first-order valence-corrected chi connectivity index (χ1v) is 9.24. The van der Waals surface area contributed by atoms with Gasteiger partial charge in [0.2, 0.25) is 0 Å². The van der Waals surface area contributed by atoms with E-state index in [0.29, 0.717) is 31.0 Å². The van der Waals surface area contributed by atoms with Crippen LogP contribution in [0.5, 0.6) is 0 Å². The van der Waals surface area contributed by atoms with E-state index in [-0.39, 0.29) is 17.8 Å². The second-order valence-corrected chi connectivity index (χ2v) is 6.58. The number of nitrogens with one attached hydrogen (secondary N) is 1. The smallest absolute Gasteiger partial charge is 0.268 e. The number of carbonyl (C=O) groups is 1. The molecule has 0 unspecified atom stereocenters. The van der Waals surface area contributed by atoms with Gasteiger partial charge in [-0.15, -0.1) is 10.2 Å². The fourth-order valence-electron chi connectivity index (χ4n) is 2.99. The van der Waals surface area contributed by atoms with E-state index in [2.05, 4.69) is 15.5 Å². The molecule has 0 aliphatic rings. The van der Waals surface area contributed by atoms with Crippen molar-refractivity contribution in [2.45, 2.75) is 19.9 Å². The minimum Gasteiger partial charge on any atom is -0.383 e. The van der Waals surface area contributed by atoms with Crippen molar-refractivity contribution in [1.82, 2.24) is 24.6 Å². The minimum atomic E-state index is -0.774. The first-order valence-electron chi connectivity index (χ1n) is 9.24. The maximum absolute atomic E-state index is 14.1. The Morgan fingerprint density at radius 2 is 2.07 bits per heavy atom. The number of nitrogens with zero attached hydrogens (tertiary/aromatic N) is 4. The second kappa shape index (κ2) is 9.40. The van der Waals surface area contributed by atoms with E-state index >= 15 is 0 Å². The van der Waals surface area contributed by atoms with Crippen molar-refractivity contribution < 1.29 is 18.3 Å². The van der Waals surface area contributed by atoms with Gasteiger partial charge in [0.05, 0.1) is 12.3 Å². The Kier molecular flexibility index (Phi) is 6.68. The standard InChI is InChI=1S/C20H21F2N5O3/c1-13-6-8-27(16-11-14(21)3-4-15(16)22)20(29)18(13)19(28)23-7-5-17-25-24-12-26(17)9-10-30-2/h3-4,6,8,11-12H,5,7,9-10H2,1-2H3,(H,23,28). The van der Waals surface area contributed by atoms with Crippen LogP contribution in [0.3, 0.4) is 0 Å². The van der Waals surface area contributed by atoms with Crippen LogP contribution in [0.15, 0.2) is 41.6 Å². The van der Waals surface area contributed by atoms with Crippen molar-refractivity contribution in [3.8, 4) is 5.69 Å².